The lowest BCUT2D eigenvalue weighted by Crippen LogP contribution is -2.27. The maximum Gasteiger partial charge on any atom is 0.253 e. The van der Waals surface area contributed by atoms with Gasteiger partial charge in [0.05, 0.1) is 0 Å². The first-order valence-corrected chi connectivity index (χ1v) is 8.81. The van der Waals surface area contributed by atoms with E-state index in [2.05, 4.69) is 36.2 Å². The van der Waals surface area contributed by atoms with E-state index in [1.54, 1.807) is 0 Å². The van der Waals surface area contributed by atoms with E-state index in [-0.39, 0.29) is 5.91 Å². The number of rotatable bonds is 5. The van der Waals surface area contributed by atoms with Gasteiger partial charge in [-0.3, -0.25) is 9.69 Å². The number of benzene rings is 2. The molecule has 0 aromatic heterocycles. The van der Waals surface area contributed by atoms with Gasteiger partial charge in [0.25, 0.3) is 5.91 Å². The maximum absolute atomic E-state index is 12.4. The van der Waals surface area contributed by atoms with Crippen LogP contribution in [0.2, 0.25) is 5.02 Å². The summed E-state index contributed by atoms with van der Waals surface area (Å²) < 4.78 is 0. The molecule has 0 bridgehead atoms. The third-order valence-corrected chi connectivity index (χ3v) is 4.66. The second-order valence-electron chi connectivity index (χ2n) is 6.49. The van der Waals surface area contributed by atoms with Gasteiger partial charge in [-0.1, -0.05) is 35.9 Å². The van der Waals surface area contributed by atoms with Crippen molar-refractivity contribution in [3.8, 4) is 0 Å². The number of carbonyl (C=O) groups is 1. The van der Waals surface area contributed by atoms with Gasteiger partial charge in [-0.25, -0.2) is 0 Å². The minimum absolute atomic E-state index is 0.161. The number of likely N-dealkylation sites (tertiary alicyclic amines) is 1. The van der Waals surface area contributed by atoms with Gasteiger partial charge in [0.1, 0.15) is 0 Å². The summed E-state index contributed by atoms with van der Waals surface area (Å²) in [5, 5.41) is 0.764. The zero-order valence-corrected chi connectivity index (χ0v) is 14.8. The predicted molar refractivity (Wildman–Crippen MR) is 98.2 cm³/mol. The number of amides is 1. The van der Waals surface area contributed by atoms with Crippen molar-refractivity contribution < 1.29 is 4.79 Å². The quantitative estimate of drug-likeness (QED) is 0.812. The zero-order valence-electron chi connectivity index (χ0n) is 14.0. The fourth-order valence-electron chi connectivity index (χ4n) is 3.12. The molecule has 24 heavy (non-hydrogen) atoms. The van der Waals surface area contributed by atoms with E-state index in [1.165, 1.54) is 11.1 Å². The Morgan fingerprint density at radius 1 is 0.958 bits per heavy atom. The van der Waals surface area contributed by atoms with E-state index < -0.39 is 0 Å². The molecule has 0 saturated carbocycles. The standard InChI is InChI=1S/C20H23ClN2O/c1-22(15-17-6-10-19(21)11-7-17)14-16-4-8-18(9-5-16)20(24)23-12-2-3-13-23/h4-11H,2-3,12-15H2,1H3. The lowest BCUT2D eigenvalue weighted by molar-refractivity contribution is 0.0793. The highest BCUT2D eigenvalue weighted by atomic mass is 35.5. The molecule has 126 valence electrons. The topological polar surface area (TPSA) is 23.6 Å². The van der Waals surface area contributed by atoms with Gasteiger partial charge in [-0.2, -0.15) is 0 Å². The summed E-state index contributed by atoms with van der Waals surface area (Å²) in [5.74, 6) is 0.161. The molecule has 1 heterocycles. The normalized spacial score (nSPS) is 14.4. The van der Waals surface area contributed by atoms with Crippen molar-refractivity contribution in [1.82, 2.24) is 9.80 Å². The first-order chi connectivity index (χ1) is 11.6. The van der Waals surface area contributed by atoms with Crippen molar-refractivity contribution in [2.24, 2.45) is 0 Å². The van der Waals surface area contributed by atoms with Crippen LogP contribution in [0.3, 0.4) is 0 Å². The van der Waals surface area contributed by atoms with Crippen LogP contribution in [0.1, 0.15) is 34.3 Å². The number of carbonyl (C=O) groups excluding carboxylic acids is 1. The van der Waals surface area contributed by atoms with Crippen LogP contribution >= 0.6 is 11.6 Å². The molecule has 0 spiro atoms. The molecule has 0 unspecified atom stereocenters. The molecule has 1 aliphatic rings. The van der Waals surface area contributed by atoms with Gasteiger partial charge in [-0.15, -0.1) is 0 Å². The monoisotopic (exact) mass is 342 g/mol. The summed E-state index contributed by atoms with van der Waals surface area (Å²) in [6.45, 7) is 3.50. The molecule has 2 aromatic carbocycles. The van der Waals surface area contributed by atoms with E-state index in [4.69, 9.17) is 11.6 Å². The Kier molecular flexibility index (Phi) is 5.54. The average molecular weight is 343 g/mol. The number of hydrogen-bond donors (Lipinski definition) is 0. The van der Waals surface area contributed by atoms with Crippen molar-refractivity contribution in [1.29, 1.82) is 0 Å². The minimum atomic E-state index is 0.161. The molecular formula is C20H23ClN2O. The molecule has 0 radical (unpaired) electrons. The summed E-state index contributed by atoms with van der Waals surface area (Å²) in [6.07, 6.45) is 2.25. The third-order valence-electron chi connectivity index (χ3n) is 4.41. The highest BCUT2D eigenvalue weighted by Gasteiger charge is 2.19. The maximum atomic E-state index is 12.4. The third kappa shape index (κ3) is 4.37. The molecule has 1 amide bonds. The van der Waals surface area contributed by atoms with Crippen LogP contribution in [0.25, 0.3) is 0 Å². The molecule has 1 saturated heterocycles. The van der Waals surface area contributed by atoms with Crippen LogP contribution in [-0.4, -0.2) is 35.8 Å². The molecule has 4 heteroatoms. The van der Waals surface area contributed by atoms with Gasteiger partial charge in [0.2, 0.25) is 0 Å². The summed E-state index contributed by atoms with van der Waals surface area (Å²) in [5.41, 5.74) is 3.24. The molecule has 0 aliphatic carbocycles. The lowest BCUT2D eigenvalue weighted by atomic mass is 10.1. The van der Waals surface area contributed by atoms with Gasteiger partial charge < -0.3 is 4.90 Å². The van der Waals surface area contributed by atoms with Crippen LogP contribution in [0.15, 0.2) is 48.5 Å². The smallest absolute Gasteiger partial charge is 0.253 e. The van der Waals surface area contributed by atoms with Crippen LogP contribution in [-0.2, 0) is 13.1 Å². The summed E-state index contributed by atoms with van der Waals surface area (Å²) >= 11 is 5.92. The molecule has 3 nitrogen and oxygen atoms in total. The lowest BCUT2D eigenvalue weighted by Gasteiger charge is -2.18. The molecule has 2 aromatic rings. The van der Waals surface area contributed by atoms with Crippen molar-refractivity contribution in [3.63, 3.8) is 0 Å². The average Bonchev–Trinajstić information content (AvgIpc) is 3.11. The summed E-state index contributed by atoms with van der Waals surface area (Å²) in [6, 6.07) is 16.0. The number of hydrogen-bond acceptors (Lipinski definition) is 2. The molecule has 0 N–H and O–H groups in total. The van der Waals surface area contributed by atoms with E-state index >= 15 is 0 Å². The van der Waals surface area contributed by atoms with Crippen LogP contribution < -0.4 is 0 Å². The van der Waals surface area contributed by atoms with Crippen molar-refractivity contribution in [3.05, 3.63) is 70.2 Å². The summed E-state index contributed by atoms with van der Waals surface area (Å²) in [4.78, 5) is 16.6. The molecule has 3 rings (SSSR count). The fraction of sp³-hybridized carbons (Fsp3) is 0.350. The van der Waals surface area contributed by atoms with E-state index in [0.717, 1.165) is 49.6 Å². The van der Waals surface area contributed by atoms with Crippen molar-refractivity contribution in [2.45, 2.75) is 25.9 Å². The zero-order chi connectivity index (χ0) is 16.9. The Balaban J connectivity index is 1.57. The van der Waals surface area contributed by atoms with Crippen LogP contribution in [0.5, 0.6) is 0 Å². The first-order valence-electron chi connectivity index (χ1n) is 8.43. The Labute approximate surface area is 148 Å². The molecule has 1 aliphatic heterocycles. The molecule has 1 fully saturated rings. The minimum Gasteiger partial charge on any atom is -0.339 e. The Morgan fingerprint density at radius 2 is 1.46 bits per heavy atom. The van der Waals surface area contributed by atoms with Gasteiger partial charge in [0.15, 0.2) is 0 Å². The molecular weight excluding hydrogens is 320 g/mol. The number of nitrogens with zero attached hydrogens (tertiary/aromatic N) is 2. The Morgan fingerprint density at radius 3 is 2.00 bits per heavy atom. The van der Waals surface area contributed by atoms with Gasteiger partial charge >= 0.3 is 0 Å². The largest absolute Gasteiger partial charge is 0.339 e. The van der Waals surface area contributed by atoms with E-state index in [9.17, 15) is 4.79 Å². The Bertz CT molecular complexity index is 676. The highest BCUT2D eigenvalue weighted by molar-refractivity contribution is 6.30. The second-order valence-corrected chi connectivity index (χ2v) is 6.93. The van der Waals surface area contributed by atoms with E-state index in [1.807, 2.05) is 29.2 Å². The van der Waals surface area contributed by atoms with Gasteiger partial charge in [-0.05, 0) is 55.3 Å². The predicted octanol–water partition coefficient (Wildman–Crippen LogP) is 4.21. The fourth-order valence-corrected chi connectivity index (χ4v) is 3.25. The summed E-state index contributed by atoms with van der Waals surface area (Å²) in [7, 11) is 2.10. The van der Waals surface area contributed by atoms with Crippen LogP contribution in [0, 0.1) is 0 Å². The van der Waals surface area contributed by atoms with Crippen molar-refractivity contribution in [2.75, 3.05) is 20.1 Å². The Hall–Kier alpha value is -1.84. The number of halogens is 1. The van der Waals surface area contributed by atoms with Crippen LogP contribution in [0.4, 0.5) is 0 Å². The SMILES string of the molecule is CN(Cc1ccc(Cl)cc1)Cc1ccc(C(=O)N2CCCC2)cc1. The van der Waals surface area contributed by atoms with Gasteiger partial charge in [0, 0.05) is 36.8 Å². The van der Waals surface area contributed by atoms with Crippen molar-refractivity contribution >= 4 is 17.5 Å². The molecule has 0 atom stereocenters. The second kappa shape index (κ2) is 7.82. The highest BCUT2D eigenvalue weighted by Crippen LogP contribution is 2.15. The van der Waals surface area contributed by atoms with E-state index in [0.29, 0.717) is 0 Å². The first kappa shape index (κ1) is 17.0.